The molecule has 1 heterocycles. The van der Waals surface area contributed by atoms with Crippen molar-refractivity contribution in [1.82, 2.24) is 25.7 Å². The average molecular weight is 371 g/mol. The second-order valence-corrected chi connectivity index (χ2v) is 6.37. The van der Waals surface area contributed by atoms with Gasteiger partial charge in [-0.1, -0.05) is 25.1 Å². The monoisotopic (exact) mass is 370 g/mol. The Hall–Kier alpha value is -2.83. The van der Waals surface area contributed by atoms with Crippen molar-refractivity contribution in [2.75, 3.05) is 19.6 Å². The number of guanidine groups is 1. The van der Waals surface area contributed by atoms with E-state index in [1.54, 1.807) is 0 Å². The molecular weight excluding hydrogens is 340 g/mol. The quantitative estimate of drug-likeness (QED) is 0.491. The molecular formula is C20H30N6O. The summed E-state index contributed by atoms with van der Waals surface area (Å²) in [5, 5.41) is 13.7. The molecule has 27 heavy (non-hydrogen) atoms. The summed E-state index contributed by atoms with van der Waals surface area (Å²) in [5.41, 5.74) is 4.15. The number of para-hydroxylation sites is 1. The van der Waals surface area contributed by atoms with Crippen LogP contribution >= 0.6 is 0 Å². The number of carbonyl (C=O) groups excluding carboxylic acids is 1. The zero-order valence-electron chi connectivity index (χ0n) is 16.7. The predicted molar refractivity (Wildman–Crippen MR) is 109 cm³/mol. The second kappa shape index (κ2) is 10.4. The lowest BCUT2D eigenvalue weighted by molar-refractivity contribution is -0.120. The Balaban J connectivity index is 2.12. The van der Waals surface area contributed by atoms with Crippen LogP contribution in [0.4, 0.5) is 0 Å². The number of benzene rings is 1. The lowest BCUT2D eigenvalue weighted by atomic mass is 10.2. The highest BCUT2D eigenvalue weighted by molar-refractivity contribution is 5.86. The maximum Gasteiger partial charge on any atom is 0.239 e. The van der Waals surface area contributed by atoms with Gasteiger partial charge >= 0.3 is 0 Å². The van der Waals surface area contributed by atoms with Gasteiger partial charge in [0.05, 0.1) is 24.5 Å². The summed E-state index contributed by atoms with van der Waals surface area (Å²) < 4.78 is 1.94. The fourth-order valence-corrected chi connectivity index (χ4v) is 2.72. The van der Waals surface area contributed by atoms with Gasteiger partial charge < -0.3 is 16.0 Å². The number of nitrogens with zero attached hydrogens (tertiary/aromatic N) is 3. The smallest absolute Gasteiger partial charge is 0.239 e. The van der Waals surface area contributed by atoms with E-state index in [0.29, 0.717) is 19.0 Å². The van der Waals surface area contributed by atoms with Gasteiger partial charge in [-0.15, -0.1) is 0 Å². The second-order valence-electron chi connectivity index (χ2n) is 6.37. The third-order valence-electron chi connectivity index (χ3n) is 3.97. The molecule has 0 aliphatic carbocycles. The van der Waals surface area contributed by atoms with E-state index in [9.17, 15) is 4.79 Å². The highest BCUT2D eigenvalue weighted by Crippen LogP contribution is 2.17. The van der Waals surface area contributed by atoms with Gasteiger partial charge in [-0.3, -0.25) is 4.79 Å². The zero-order valence-corrected chi connectivity index (χ0v) is 16.7. The molecule has 0 saturated heterocycles. The molecule has 7 nitrogen and oxygen atoms in total. The Labute approximate surface area is 161 Å². The molecule has 146 valence electrons. The van der Waals surface area contributed by atoms with Gasteiger partial charge in [0.15, 0.2) is 5.96 Å². The first-order chi connectivity index (χ1) is 13.0. The summed E-state index contributed by atoms with van der Waals surface area (Å²) in [7, 11) is 0. The van der Waals surface area contributed by atoms with Crippen LogP contribution in [0.1, 0.15) is 37.2 Å². The van der Waals surface area contributed by atoms with Gasteiger partial charge in [0, 0.05) is 18.8 Å². The number of aryl methyl sites for hydroxylation is 2. The maximum absolute atomic E-state index is 11.8. The highest BCUT2D eigenvalue weighted by atomic mass is 16.1. The Bertz CT molecular complexity index is 781. The Kier molecular flexibility index (Phi) is 7.85. The first-order valence-electron chi connectivity index (χ1n) is 9.45. The van der Waals surface area contributed by atoms with Gasteiger partial charge in [-0.25, -0.2) is 9.67 Å². The lowest BCUT2D eigenvalue weighted by Crippen LogP contribution is -2.43. The number of rotatable bonds is 8. The molecule has 0 radical (unpaired) electrons. The van der Waals surface area contributed by atoms with E-state index in [0.717, 1.165) is 35.6 Å². The first kappa shape index (κ1) is 20.5. The van der Waals surface area contributed by atoms with E-state index in [-0.39, 0.29) is 12.5 Å². The third-order valence-corrected chi connectivity index (χ3v) is 3.97. The Morgan fingerprint density at radius 2 is 1.93 bits per heavy atom. The molecule has 0 bridgehead atoms. The van der Waals surface area contributed by atoms with E-state index < -0.39 is 0 Å². The van der Waals surface area contributed by atoms with Crippen molar-refractivity contribution >= 4 is 11.9 Å². The van der Waals surface area contributed by atoms with Crippen molar-refractivity contribution in [3.8, 4) is 5.69 Å². The van der Waals surface area contributed by atoms with E-state index in [4.69, 9.17) is 0 Å². The van der Waals surface area contributed by atoms with Gasteiger partial charge in [-0.2, -0.15) is 5.10 Å². The van der Waals surface area contributed by atoms with Crippen LogP contribution in [-0.2, 0) is 11.3 Å². The van der Waals surface area contributed by atoms with Crippen molar-refractivity contribution in [1.29, 1.82) is 0 Å². The number of aromatic nitrogens is 2. The Morgan fingerprint density at radius 1 is 1.15 bits per heavy atom. The molecule has 7 heteroatoms. The minimum absolute atomic E-state index is 0.0366. The molecule has 1 amide bonds. The summed E-state index contributed by atoms with van der Waals surface area (Å²) in [5.74, 6) is 0.581. The summed E-state index contributed by atoms with van der Waals surface area (Å²) in [4.78, 5) is 16.4. The van der Waals surface area contributed by atoms with Crippen molar-refractivity contribution in [2.24, 2.45) is 4.99 Å². The molecule has 0 fully saturated rings. The minimum Gasteiger partial charge on any atom is -0.357 e. The van der Waals surface area contributed by atoms with Crippen LogP contribution in [0, 0.1) is 13.8 Å². The SMILES string of the molecule is CCCNC(=O)CNC(=NCc1ccccc1-n1nc(C)cc1C)NCC. The largest absolute Gasteiger partial charge is 0.357 e. The number of aliphatic imine (C=N–C) groups is 1. The van der Waals surface area contributed by atoms with Gasteiger partial charge in [0.2, 0.25) is 5.91 Å². The van der Waals surface area contributed by atoms with Crippen molar-refractivity contribution in [2.45, 2.75) is 40.7 Å². The number of hydrogen-bond donors (Lipinski definition) is 3. The van der Waals surface area contributed by atoms with Crippen LogP contribution in [-0.4, -0.2) is 41.3 Å². The van der Waals surface area contributed by atoms with Crippen LogP contribution in [0.25, 0.3) is 5.69 Å². The third kappa shape index (κ3) is 6.13. The molecule has 0 aliphatic rings. The minimum atomic E-state index is -0.0366. The number of amides is 1. The maximum atomic E-state index is 11.8. The van der Waals surface area contributed by atoms with Crippen molar-refractivity contribution < 1.29 is 4.79 Å². The zero-order chi connectivity index (χ0) is 19.6. The molecule has 0 spiro atoms. The summed E-state index contributed by atoms with van der Waals surface area (Å²) in [6.07, 6.45) is 0.920. The number of carbonyl (C=O) groups is 1. The van der Waals surface area contributed by atoms with Crippen LogP contribution in [0.2, 0.25) is 0 Å². The summed E-state index contributed by atoms with van der Waals surface area (Å²) >= 11 is 0. The standard InChI is InChI=1S/C20H30N6O/c1-5-11-22-19(27)14-24-20(21-6-2)23-13-17-9-7-8-10-18(17)26-16(4)12-15(3)25-26/h7-10,12H,5-6,11,13-14H2,1-4H3,(H,22,27)(H2,21,23,24). The van der Waals surface area contributed by atoms with E-state index in [1.807, 2.05) is 56.6 Å². The first-order valence-corrected chi connectivity index (χ1v) is 9.45. The van der Waals surface area contributed by atoms with Gasteiger partial charge in [0.1, 0.15) is 0 Å². The summed E-state index contributed by atoms with van der Waals surface area (Å²) in [6, 6.07) is 10.1. The molecule has 2 rings (SSSR count). The molecule has 0 atom stereocenters. The number of nitrogens with one attached hydrogen (secondary N) is 3. The molecule has 0 unspecified atom stereocenters. The van der Waals surface area contributed by atoms with E-state index in [1.165, 1.54) is 0 Å². The molecule has 3 N–H and O–H groups in total. The van der Waals surface area contributed by atoms with Gasteiger partial charge in [-0.05, 0) is 44.9 Å². The fourth-order valence-electron chi connectivity index (χ4n) is 2.72. The van der Waals surface area contributed by atoms with Crippen LogP contribution < -0.4 is 16.0 Å². The summed E-state index contributed by atoms with van der Waals surface area (Å²) in [6.45, 7) is 10.1. The van der Waals surface area contributed by atoms with E-state index in [2.05, 4.69) is 32.1 Å². The number of hydrogen-bond acceptors (Lipinski definition) is 3. The van der Waals surface area contributed by atoms with Crippen molar-refractivity contribution in [3.63, 3.8) is 0 Å². The fraction of sp³-hybridized carbons (Fsp3) is 0.450. The topological polar surface area (TPSA) is 83.3 Å². The average Bonchev–Trinajstić information content (AvgIpc) is 3.00. The molecule has 1 aromatic carbocycles. The van der Waals surface area contributed by atoms with Crippen LogP contribution in [0.5, 0.6) is 0 Å². The normalized spacial score (nSPS) is 11.3. The highest BCUT2D eigenvalue weighted by Gasteiger charge is 2.09. The molecule has 2 aromatic rings. The van der Waals surface area contributed by atoms with Crippen LogP contribution in [0.3, 0.4) is 0 Å². The van der Waals surface area contributed by atoms with E-state index >= 15 is 0 Å². The lowest BCUT2D eigenvalue weighted by Gasteiger charge is -2.13. The molecule has 0 aliphatic heterocycles. The van der Waals surface area contributed by atoms with Crippen molar-refractivity contribution in [3.05, 3.63) is 47.3 Å². The molecule has 0 saturated carbocycles. The van der Waals surface area contributed by atoms with Crippen LogP contribution in [0.15, 0.2) is 35.3 Å². The molecule has 1 aromatic heterocycles. The van der Waals surface area contributed by atoms with Gasteiger partial charge in [0.25, 0.3) is 0 Å². The Morgan fingerprint density at radius 3 is 2.59 bits per heavy atom. The predicted octanol–water partition coefficient (Wildman–Crippen LogP) is 2.07.